The Labute approximate surface area is 404 Å². The Morgan fingerprint density at radius 2 is 0.871 bits per heavy atom. The van der Waals surface area contributed by atoms with Crippen LogP contribution in [0.25, 0.3) is 99.5 Å². The number of alkyl halides is 3. The molecule has 0 aliphatic carbocycles. The number of para-hydroxylation sites is 2. The third-order valence-electron chi connectivity index (χ3n) is 14.0. The molecule has 0 spiro atoms. The third-order valence-corrected chi connectivity index (χ3v) is 14.0. The van der Waals surface area contributed by atoms with Crippen LogP contribution in [0.2, 0.25) is 0 Å². The van der Waals surface area contributed by atoms with E-state index in [9.17, 15) is 23.7 Å². The molecule has 0 amide bonds. The van der Waals surface area contributed by atoms with Crippen molar-refractivity contribution in [2.45, 2.75) is 47.7 Å². The zero-order chi connectivity index (χ0) is 48.7. The van der Waals surface area contributed by atoms with Gasteiger partial charge in [0.15, 0.2) is 0 Å². The monoisotopic (exact) mass is 914 g/mol. The van der Waals surface area contributed by atoms with E-state index in [2.05, 4.69) is 142 Å². The molecule has 0 aliphatic rings. The maximum absolute atomic E-state index is 14.1. The molecule has 2 heterocycles. The van der Waals surface area contributed by atoms with E-state index in [0.29, 0.717) is 27.8 Å². The first-order valence-electron chi connectivity index (χ1n) is 23.3. The fourth-order valence-electron chi connectivity index (χ4n) is 11.3. The van der Waals surface area contributed by atoms with Gasteiger partial charge in [0, 0.05) is 32.7 Å². The molecule has 0 unspecified atom stereocenters. The Kier molecular flexibility index (Phi) is 10.4. The minimum absolute atomic E-state index is 0.106. The molecular weight excluding hydrogens is 870 g/mol. The highest BCUT2D eigenvalue weighted by molar-refractivity contribution is 6.13. The first-order chi connectivity index (χ1) is 33.7. The lowest BCUT2D eigenvalue weighted by atomic mass is 9.91. The predicted molar refractivity (Wildman–Crippen MR) is 280 cm³/mol. The molecule has 11 aromatic rings. The Hall–Kier alpha value is -8.65. The molecule has 70 heavy (non-hydrogen) atoms. The number of rotatable bonds is 6. The molecule has 0 saturated heterocycles. The molecule has 9 aromatic carbocycles. The van der Waals surface area contributed by atoms with E-state index in [1.807, 2.05) is 66.7 Å². The molecule has 11 rings (SSSR count). The lowest BCUT2D eigenvalue weighted by Gasteiger charge is -2.21. The normalized spacial score (nSPS) is 11.8. The lowest BCUT2D eigenvalue weighted by Crippen LogP contribution is -2.06. The highest BCUT2D eigenvalue weighted by atomic mass is 19.4. The van der Waals surface area contributed by atoms with Gasteiger partial charge in [0.05, 0.1) is 62.3 Å². The summed E-state index contributed by atoms with van der Waals surface area (Å²) < 4.78 is 46.6. The van der Waals surface area contributed by atoms with Crippen LogP contribution in [-0.4, -0.2) is 9.13 Å². The molecule has 0 radical (unpaired) electrons. The van der Waals surface area contributed by atoms with Gasteiger partial charge in [-0.05, 0) is 170 Å². The average molecular weight is 915 g/mol. The van der Waals surface area contributed by atoms with Gasteiger partial charge in [-0.2, -0.15) is 23.7 Å². The molecule has 4 nitrogen and oxygen atoms in total. The second-order valence-electron chi connectivity index (χ2n) is 18.6. The van der Waals surface area contributed by atoms with Gasteiger partial charge in [0.2, 0.25) is 0 Å². The van der Waals surface area contributed by atoms with E-state index in [4.69, 9.17) is 0 Å². The number of aromatic nitrogens is 2. The van der Waals surface area contributed by atoms with E-state index >= 15 is 0 Å². The largest absolute Gasteiger partial charge is 0.416 e. The minimum atomic E-state index is -4.63. The third kappa shape index (κ3) is 7.05. The summed E-state index contributed by atoms with van der Waals surface area (Å²) in [6, 6.07) is 58.0. The van der Waals surface area contributed by atoms with Crippen LogP contribution in [0.15, 0.2) is 164 Å². The topological polar surface area (TPSA) is 57.4 Å². The summed E-state index contributed by atoms with van der Waals surface area (Å²) in [7, 11) is 0. The van der Waals surface area contributed by atoms with Gasteiger partial charge >= 0.3 is 6.18 Å². The molecule has 0 aliphatic heterocycles. The van der Waals surface area contributed by atoms with Crippen molar-refractivity contribution in [1.29, 1.82) is 10.5 Å². The SMILES string of the molecule is Cc1cc(C)c(-c2ccc3c(c2)c2ccccc2n3-c2ccc(-c3ccc(C(F)(F)F)cc3C#N)cc2-c2c(C#N)cccc2-n2c3ccccc3c3cc(-c4c(C)cc(C)cc4C)ccc32)c(C)c1. The van der Waals surface area contributed by atoms with Crippen molar-refractivity contribution >= 4 is 43.6 Å². The molecule has 338 valence electrons. The molecule has 0 bridgehead atoms. The standard InChI is InChI=1S/C63H45F3N4/c1-36-26-38(3)60(39(4)27-36)43-19-24-56-51(32-43)49-13-7-9-15-54(49)69(56)58-23-18-42(48-22-21-47(63(64,65)66)30-46(48)35-68)31-53(58)62-45(34-67)12-11-17-59(62)70-55-16-10-8-14-50(55)52-33-44(20-25-57(52)70)61-40(5)28-37(2)29-41(61)6/h7-33H,1-6H3. The molecule has 0 fully saturated rings. The maximum atomic E-state index is 14.1. The van der Waals surface area contributed by atoms with Crippen molar-refractivity contribution in [3.05, 3.63) is 214 Å². The quantitative estimate of drug-likeness (QED) is 0.167. The number of halogens is 3. The van der Waals surface area contributed by atoms with Gasteiger partial charge in [0.1, 0.15) is 0 Å². The van der Waals surface area contributed by atoms with Crippen LogP contribution >= 0.6 is 0 Å². The van der Waals surface area contributed by atoms with Crippen molar-refractivity contribution in [3.8, 4) is 68.0 Å². The van der Waals surface area contributed by atoms with Crippen molar-refractivity contribution < 1.29 is 13.2 Å². The average Bonchev–Trinajstić information content (AvgIpc) is 3.84. The fraction of sp³-hybridized carbons (Fsp3) is 0.111. The minimum Gasteiger partial charge on any atom is -0.309 e. The van der Waals surface area contributed by atoms with Gasteiger partial charge in [-0.25, -0.2) is 0 Å². The van der Waals surface area contributed by atoms with E-state index in [1.165, 1.54) is 50.6 Å². The van der Waals surface area contributed by atoms with E-state index in [-0.39, 0.29) is 5.56 Å². The van der Waals surface area contributed by atoms with Crippen LogP contribution in [0.1, 0.15) is 50.1 Å². The van der Waals surface area contributed by atoms with Gasteiger partial charge in [-0.15, -0.1) is 0 Å². The number of nitrogens with zero attached hydrogens (tertiary/aromatic N) is 4. The number of fused-ring (bicyclic) bond motifs is 6. The first kappa shape index (κ1) is 43.9. The van der Waals surface area contributed by atoms with Gasteiger partial charge < -0.3 is 9.13 Å². The Morgan fingerprint density at radius 1 is 0.386 bits per heavy atom. The maximum Gasteiger partial charge on any atom is 0.416 e. The summed E-state index contributed by atoms with van der Waals surface area (Å²) in [5.74, 6) is 0. The summed E-state index contributed by atoms with van der Waals surface area (Å²) in [5.41, 5.74) is 18.7. The molecule has 0 atom stereocenters. The summed E-state index contributed by atoms with van der Waals surface area (Å²) >= 11 is 0. The van der Waals surface area contributed by atoms with Crippen molar-refractivity contribution in [1.82, 2.24) is 9.13 Å². The van der Waals surface area contributed by atoms with E-state index in [0.717, 1.165) is 78.2 Å². The lowest BCUT2D eigenvalue weighted by molar-refractivity contribution is -0.137. The Bertz CT molecular complexity index is 4050. The van der Waals surface area contributed by atoms with Gasteiger partial charge in [0.25, 0.3) is 0 Å². The van der Waals surface area contributed by atoms with Gasteiger partial charge in [-0.1, -0.05) is 102 Å². The number of aryl methyl sites for hydroxylation is 6. The summed E-state index contributed by atoms with van der Waals surface area (Å²) in [5, 5.41) is 25.7. The molecule has 7 heteroatoms. The highest BCUT2D eigenvalue weighted by Gasteiger charge is 2.32. The van der Waals surface area contributed by atoms with Crippen molar-refractivity contribution in [2.24, 2.45) is 0 Å². The Morgan fingerprint density at radius 3 is 1.39 bits per heavy atom. The van der Waals surface area contributed by atoms with Crippen LogP contribution in [-0.2, 0) is 6.18 Å². The number of hydrogen-bond donors (Lipinski definition) is 0. The van der Waals surface area contributed by atoms with Crippen LogP contribution in [0, 0.1) is 64.2 Å². The van der Waals surface area contributed by atoms with E-state index < -0.39 is 11.7 Å². The summed E-state index contributed by atoms with van der Waals surface area (Å²) in [6.07, 6.45) is -4.63. The van der Waals surface area contributed by atoms with Gasteiger partial charge in [-0.3, -0.25) is 0 Å². The first-order valence-corrected chi connectivity index (χ1v) is 23.3. The molecule has 0 saturated carbocycles. The molecule has 0 N–H and O–H groups in total. The molecule has 2 aromatic heterocycles. The zero-order valence-electron chi connectivity index (χ0n) is 39.5. The van der Waals surface area contributed by atoms with Crippen LogP contribution in [0.5, 0.6) is 0 Å². The summed E-state index contributed by atoms with van der Waals surface area (Å²) in [4.78, 5) is 0. The fourth-order valence-corrected chi connectivity index (χ4v) is 11.3. The highest BCUT2D eigenvalue weighted by Crippen LogP contribution is 2.46. The Balaban J connectivity index is 1.23. The summed E-state index contributed by atoms with van der Waals surface area (Å²) in [6.45, 7) is 12.8. The second-order valence-corrected chi connectivity index (χ2v) is 18.6. The number of hydrogen-bond acceptors (Lipinski definition) is 2. The smallest absolute Gasteiger partial charge is 0.309 e. The van der Waals surface area contributed by atoms with Crippen LogP contribution in [0.4, 0.5) is 13.2 Å². The predicted octanol–water partition coefficient (Wildman–Crippen LogP) is 17.2. The zero-order valence-corrected chi connectivity index (χ0v) is 39.5. The number of nitriles is 2. The second kappa shape index (κ2) is 16.5. The van der Waals surface area contributed by atoms with E-state index in [1.54, 1.807) is 0 Å². The van der Waals surface area contributed by atoms with Crippen molar-refractivity contribution in [2.75, 3.05) is 0 Å². The number of benzene rings is 9. The molecular formula is C63H45F3N4. The van der Waals surface area contributed by atoms with Crippen LogP contribution in [0.3, 0.4) is 0 Å². The van der Waals surface area contributed by atoms with Crippen molar-refractivity contribution in [3.63, 3.8) is 0 Å². The van der Waals surface area contributed by atoms with Crippen LogP contribution < -0.4 is 0 Å².